The summed E-state index contributed by atoms with van der Waals surface area (Å²) in [6, 6.07) is 3.63. The average Bonchev–Trinajstić information content (AvgIpc) is 2.92. The summed E-state index contributed by atoms with van der Waals surface area (Å²) in [6.45, 7) is 0.132. The van der Waals surface area contributed by atoms with Crippen molar-refractivity contribution in [3.63, 3.8) is 0 Å². The Bertz CT molecular complexity index is 682. The third-order valence-electron chi connectivity index (χ3n) is 4.03. The van der Waals surface area contributed by atoms with Crippen LogP contribution in [0, 0.1) is 0 Å². The molecule has 0 spiro atoms. The molecular formula is C13H12F3NO3S. The van der Waals surface area contributed by atoms with Gasteiger partial charge in [0.15, 0.2) is 9.84 Å². The number of fused-ring (bicyclic) bond motifs is 2. The topological polar surface area (TPSA) is 54.5 Å². The van der Waals surface area contributed by atoms with Gasteiger partial charge in [-0.05, 0) is 30.7 Å². The van der Waals surface area contributed by atoms with Gasteiger partial charge in [-0.1, -0.05) is 0 Å². The van der Waals surface area contributed by atoms with E-state index in [4.69, 9.17) is 0 Å². The zero-order chi connectivity index (χ0) is 15.4. The molecule has 2 atom stereocenters. The summed E-state index contributed by atoms with van der Waals surface area (Å²) in [5.41, 5.74) is -0.669. The fourth-order valence-electron chi connectivity index (χ4n) is 2.91. The quantitative estimate of drug-likeness (QED) is 0.792. The number of hydrogen-bond donors (Lipinski definition) is 0. The number of carbonyl (C=O) groups is 1. The van der Waals surface area contributed by atoms with E-state index in [1.807, 2.05) is 0 Å². The monoisotopic (exact) mass is 319 g/mol. The van der Waals surface area contributed by atoms with Gasteiger partial charge in [0.05, 0.1) is 16.6 Å². The molecule has 0 saturated carbocycles. The molecule has 0 aromatic heterocycles. The number of sulfone groups is 1. The summed E-state index contributed by atoms with van der Waals surface area (Å²) >= 11 is 0. The maximum Gasteiger partial charge on any atom is 0.416 e. The van der Waals surface area contributed by atoms with E-state index in [1.54, 1.807) is 0 Å². The van der Waals surface area contributed by atoms with Gasteiger partial charge in [-0.3, -0.25) is 4.79 Å². The molecule has 1 aromatic rings. The third-order valence-corrected chi connectivity index (χ3v) is 6.24. The zero-order valence-corrected chi connectivity index (χ0v) is 11.6. The number of nitrogens with zero attached hydrogens (tertiary/aromatic N) is 1. The predicted molar refractivity (Wildman–Crippen MR) is 68.5 cm³/mol. The first-order chi connectivity index (χ1) is 9.68. The van der Waals surface area contributed by atoms with E-state index in [0.29, 0.717) is 6.42 Å². The molecule has 0 N–H and O–H groups in total. The van der Waals surface area contributed by atoms with Crippen LogP contribution in [0.2, 0.25) is 0 Å². The lowest BCUT2D eigenvalue weighted by molar-refractivity contribution is -0.137. The van der Waals surface area contributed by atoms with Crippen LogP contribution < -0.4 is 0 Å². The van der Waals surface area contributed by atoms with E-state index in [2.05, 4.69) is 0 Å². The lowest BCUT2D eigenvalue weighted by Gasteiger charge is -2.27. The van der Waals surface area contributed by atoms with Gasteiger partial charge >= 0.3 is 6.18 Å². The molecule has 2 heterocycles. The molecule has 2 aliphatic rings. The average molecular weight is 319 g/mol. The maximum atomic E-state index is 12.5. The lowest BCUT2D eigenvalue weighted by Crippen LogP contribution is -2.44. The van der Waals surface area contributed by atoms with Gasteiger partial charge in [0.25, 0.3) is 5.91 Å². The first kappa shape index (κ1) is 14.4. The Morgan fingerprint density at radius 3 is 2.24 bits per heavy atom. The third kappa shape index (κ3) is 2.41. The minimum absolute atomic E-state index is 0.0515. The first-order valence-corrected chi connectivity index (χ1v) is 8.10. The second-order valence-corrected chi connectivity index (χ2v) is 7.70. The van der Waals surface area contributed by atoms with Crippen molar-refractivity contribution < 1.29 is 26.4 Å². The summed E-state index contributed by atoms with van der Waals surface area (Å²) in [6.07, 6.45) is -4.02. The van der Waals surface area contributed by atoms with Crippen molar-refractivity contribution in [2.75, 3.05) is 12.3 Å². The number of likely N-dealkylation sites (tertiary alicyclic amines) is 1. The second kappa shape index (κ2) is 4.46. The lowest BCUT2D eigenvalue weighted by atomic mass is 10.1. The Morgan fingerprint density at radius 1 is 1.19 bits per heavy atom. The standard InChI is InChI=1S/C13H12F3NO3S/c14-13(15,16)9-3-1-8(2-4-9)12(18)17-6-11-5-10(17)7-21(11,19)20/h1-4,10-11H,5-7H2. The Labute approximate surface area is 119 Å². The van der Waals surface area contributed by atoms with Crippen molar-refractivity contribution in [2.24, 2.45) is 0 Å². The van der Waals surface area contributed by atoms with Crippen LogP contribution in [0.25, 0.3) is 0 Å². The molecule has 2 aliphatic heterocycles. The molecule has 4 nitrogen and oxygen atoms in total. The van der Waals surface area contributed by atoms with E-state index >= 15 is 0 Å². The van der Waals surface area contributed by atoms with Gasteiger partial charge in [-0.2, -0.15) is 13.2 Å². The van der Waals surface area contributed by atoms with Crippen LogP contribution in [0.3, 0.4) is 0 Å². The highest BCUT2D eigenvalue weighted by molar-refractivity contribution is 7.92. The molecule has 8 heteroatoms. The number of alkyl halides is 3. The van der Waals surface area contributed by atoms with Crippen LogP contribution >= 0.6 is 0 Å². The van der Waals surface area contributed by atoms with E-state index in [9.17, 15) is 26.4 Å². The van der Waals surface area contributed by atoms with Crippen molar-refractivity contribution in [1.29, 1.82) is 0 Å². The molecular weight excluding hydrogens is 307 g/mol. The highest BCUT2D eigenvalue weighted by Crippen LogP contribution is 2.34. The zero-order valence-electron chi connectivity index (χ0n) is 10.8. The summed E-state index contributed by atoms with van der Waals surface area (Å²) in [4.78, 5) is 13.7. The van der Waals surface area contributed by atoms with Gasteiger partial charge in [-0.15, -0.1) is 0 Å². The number of halogens is 3. The van der Waals surface area contributed by atoms with Crippen molar-refractivity contribution >= 4 is 15.7 Å². The molecule has 2 unspecified atom stereocenters. The SMILES string of the molecule is O=C(c1ccc(C(F)(F)F)cc1)N1CC2CC1CS2(=O)=O. The van der Waals surface area contributed by atoms with Crippen molar-refractivity contribution in [1.82, 2.24) is 4.90 Å². The van der Waals surface area contributed by atoms with E-state index in [1.165, 1.54) is 4.90 Å². The number of hydrogen-bond acceptors (Lipinski definition) is 3. The Kier molecular flexibility index (Phi) is 3.05. The summed E-state index contributed by atoms with van der Waals surface area (Å²) in [7, 11) is -3.10. The molecule has 2 fully saturated rings. The number of benzene rings is 1. The second-order valence-electron chi connectivity index (χ2n) is 5.37. The summed E-state index contributed by atoms with van der Waals surface area (Å²) in [5.74, 6) is -0.463. The molecule has 114 valence electrons. The molecule has 0 aliphatic carbocycles. The number of amides is 1. The van der Waals surface area contributed by atoms with Crippen molar-refractivity contribution in [2.45, 2.75) is 23.9 Å². The highest BCUT2D eigenvalue weighted by Gasteiger charge is 2.50. The van der Waals surface area contributed by atoms with Crippen molar-refractivity contribution in [3.05, 3.63) is 35.4 Å². The van der Waals surface area contributed by atoms with Crippen LogP contribution in [0.4, 0.5) is 13.2 Å². The minimum Gasteiger partial charge on any atom is -0.333 e. The van der Waals surface area contributed by atoms with Crippen LogP contribution in [-0.4, -0.2) is 42.8 Å². The maximum absolute atomic E-state index is 12.5. The number of rotatable bonds is 1. The Morgan fingerprint density at radius 2 is 1.81 bits per heavy atom. The molecule has 0 radical (unpaired) electrons. The highest BCUT2D eigenvalue weighted by atomic mass is 32.2. The summed E-state index contributed by atoms with van der Waals surface area (Å²) < 4.78 is 60.6. The van der Waals surface area contributed by atoms with E-state index in [0.717, 1.165) is 24.3 Å². The molecule has 1 aromatic carbocycles. The smallest absolute Gasteiger partial charge is 0.333 e. The van der Waals surface area contributed by atoms with Gasteiger partial charge in [-0.25, -0.2) is 8.42 Å². The van der Waals surface area contributed by atoms with Gasteiger partial charge < -0.3 is 4.90 Å². The fourth-order valence-corrected chi connectivity index (χ4v) is 4.94. The van der Waals surface area contributed by atoms with Crippen LogP contribution in [0.5, 0.6) is 0 Å². The van der Waals surface area contributed by atoms with Crippen LogP contribution in [0.15, 0.2) is 24.3 Å². The molecule has 3 rings (SSSR count). The van der Waals surface area contributed by atoms with Crippen molar-refractivity contribution in [3.8, 4) is 0 Å². The largest absolute Gasteiger partial charge is 0.416 e. The molecule has 1 amide bonds. The van der Waals surface area contributed by atoms with E-state index in [-0.39, 0.29) is 23.9 Å². The minimum atomic E-state index is -4.44. The van der Waals surface area contributed by atoms with Crippen LogP contribution in [-0.2, 0) is 16.0 Å². The number of carbonyl (C=O) groups excluding carboxylic acids is 1. The molecule has 2 bridgehead atoms. The molecule has 21 heavy (non-hydrogen) atoms. The summed E-state index contributed by atoms with van der Waals surface area (Å²) in [5, 5.41) is -0.527. The normalized spacial score (nSPS) is 27.1. The fraction of sp³-hybridized carbons (Fsp3) is 0.462. The Balaban J connectivity index is 1.79. The van der Waals surface area contributed by atoms with Gasteiger partial charge in [0.2, 0.25) is 0 Å². The van der Waals surface area contributed by atoms with Gasteiger partial charge in [0.1, 0.15) is 0 Å². The van der Waals surface area contributed by atoms with Gasteiger partial charge in [0, 0.05) is 18.2 Å². The van der Waals surface area contributed by atoms with E-state index < -0.39 is 32.7 Å². The molecule has 2 saturated heterocycles. The Hall–Kier alpha value is -1.57. The van der Waals surface area contributed by atoms with Crippen LogP contribution in [0.1, 0.15) is 22.3 Å². The first-order valence-electron chi connectivity index (χ1n) is 6.38. The predicted octanol–water partition coefficient (Wildman–Crippen LogP) is 1.72.